The Balaban J connectivity index is 1.66. The first-order valence-electron chi connectivity index (χ1n) is 13.4. The molecule has 0 saturated carbocycles. The lowest BCUT2D eigenvalue weighted by atomic mass is 9.93. The summed E-state index contributed by atoms with van der Waals surface area (Å²) in [6, 6.07) is 12.5. The molecule has 10 heteroatoms. The van der Waals surface area contributed by atoms with Crippen LogP contribution in [0.1, 0.15) is 43.9 Å². The second-order valence-corrected chi connectivity index (χ2v) is 10.9. The van der Waals surface area contributed by atoms with Gasteiger partial charge in [-0.2, -0.15) is 0 Å². The minimum Gasteiger partial charge on any atom is -0.496 e. The first-order chi connectivity index (χ1) is 19.4. The summed E-state index contributed by atoms with van der Waals surface area (Å²) in [6.07, 6.45) is 3.19. The highest BCUT2D eigenvalue weighted by atomic mass is 35.5. The summed E-state index contributed by atoms with van der Waals surface area (Å²) in [4.78, 5) is 35.0. The SMILES string of the molecule is CCCC1=C(C(=O)OCC)[C@@H](c2cc(Cl)ccc2OC)n2c(s/c(=C\c3ccc(N4CCOCC4)cc3)c2=O)=N1. The number of carbonyl (C=O) groups is 1. The standard InChI is InChI=1S/C30H32ClN3O5S/c1-4-6-23-26(29(36)39-5-2)27(22-18-20(31)9-12-24(22)37-3)34-28(35)25(40-30(34)32-23)17-19-7-10-21(11-8-19)33-13-15-38-16-14-33/h7-12,17-18,27H,4-6,13-16H2,1-3H3/b25-17-/t27-/m1/s1. The molecular weight excluding hydrogens is 550 g/mol. The summed E-state index contributed by atoms with van der Waals surface area (Å²) >= 11 is 7.72. The van der Waals surface area contributed by atoms with Crippen molar-refractivity contribution in [2.45, 2.75) is 32.7 Å². The monoisotopic (exact) mass is 581 g/mol. The Hall–Kier alpha value is -3.40. The summed E-state index contributed by atoms with van der Waals surface area (Å²) in [7, 11) is 1.55. The summed E-state index contributed by atoms with van der Waals surface area (Å²) in [5, 5.41) is 0.468. The van der Waals surface area contributed by atoms with Gasteiger partial charge in [-0.25, -0.2) is 9.79 Å². The molecule has 0 aliphatic carbocycles. The van der Waals surface area contributed by atoms with Crippen LogP contribution in [0, 0.1) is 0 Å². The average Bonchev–Trinajstić information content (AvgIpc) is 3.27. The molecule has 3 aromatic rings. The zero-order valence-corrected chi connectivity index (χ0v) is 24.4. The molecular formula is C30H32ClN3O5S. The van der Waals surface area contributed by atoms with Gasteiger partial charge in [0.05, 0.1) is 42.7 Å². The van der Waals surface area contributed by atoms with Gasteiger partial charge in [0.15, 0.2) is 4.80 Å². The molecule has 2 aliphatic rings. The van der Waals surface area contributed by atoms with E-state index in [4.69, 9.17) is 30.8 Å². The number of ether oxygens (including phenoxy) is 3. The maximum absolute atomic E-state index is 14.0. The van der Waals surface area contributed by atoms with Crippen molar-refractivity contribution in [3.63, 3.8) is 0 Å². The van der Waals surface area contributed by atoms with E-state index in [1.54, 1.807) is 36.8 Å². The van der Waals surface area contributed by atoms with E-state index >= 15 is 0 Å². The summed E-state index contributed by atoms with van der Waals surface area (Å²) < 4.78 is 18.7. The number of hydrogen-bond donors (Lipinski definition) is 0. The van der Waals surface area contributed by atoms with E-state index in [0.29, 0.717) is 43.4 Å². The molecule has 40 heavy (non-hydrogen) atoms. The third-order valence-corrected chi connectivity index (χ3v) is 8.16. The molecule has 210 valence electrons. The normalized spacial score (nSPS) is 17.4. The molecule has 0 unspecified atom stereocenters. The number of nitrogens with zero attached hydrogens (tertiary/aromatic N) is 3. The Labute approximate surface area is 241 Å². The van der Waals surface area contributed by atoms with Crippen LogP contribution in [-0.2, 0) is 14.3 Å². The molecule has 0 spiro atoms. The van der Waals surface area contributed by atoms with Crippen LogP contribution in [0.15, 0.2) is 63.5 Å². The smallest absolute Gasteiger partial charge is 0.338 e. The van der Waals surface area contributed by atoms with Gasteiger partial charge in [-0.1, -0.05) is 48.4 Å². The van der Waals surface area contributed by atoms with Crippen LogP contribution in [0.25, 0.3) is 6.08 Å². The van der Waals surface area contributed by atoms with Gasteiger partial charge >= 0.3 is 5.97 Å². The highest BCUT2D eigenvalue weighted by molar-refractivity contribution is 7.07. The zero-order chi connectivity index (χ0) is 28.2. The molecule has 0 bridgehead atoms. The van der Waals surface area contributed by atoms with Crippen molar-refractivity contribution in [2.24, 2.45) is 4.99 Å². The number of anilines is 1. The summed E-state index contributed by atoms with van der Waals surface area (Å²) in [6.45, 7) is 7.13. The number of carbonyl (C=O) groups excluding carboxylic acids is 1. The van der Waals surface area contributed by atoms with Crippen LogP contribution in [0.2, 0.25) is 5.02 Å². The number of morpholine rings is 1. The van der Waals surface area contributed by atoms with E-state index in [0.717, 1.165) is 44.0 Å². The number of rotatable bonds is 8. The van der Waals surface area contributed by atoms with E-state index in [1.807, 2.05) is 25.1 Å². The Bertz CT molecular complexity index is 1600. The molecule has 0 N–H and O–H groups in total. The van der Waals surface area contributed by atoms with Crippen molar-refractivity contribution in [1.29, 1.82) is 0 Å². The molecule has 0 amide bonds. The van der Waals surface area contributed by atoms with Gasteiger partial charge in [-0.15, -0.1) is 0 Å². The number of halogens is 1. The Morgan fingerprint density at radius 2 is 1.93 bits per heavy atom. The number of hydrogen-bond acceptors (Lipinski definition) is 8. The van der Waals surface area contributed by atoms with Crippen LogP contribution < -0.4 is 24.5 Å². The number of allylic oxidation sites excluding steroid dienone is 1. The third kappa shape index (κ3) is 5.59. The molecule has 5 rings (SSSR count). The van der Waals surface area contributed by atoms with Crippen LogP contribution in [0.4, 0.5) is 5.69 Å². The number of benzene rings is 2. The second-order valence-electron chi connectivity index (χ2n) is 9.49. The van der Waals surface area contributed by atoms with Crippen LogP contribution in [0.5, 0.6) is 5.75 Å². The van der Waals surface area contributed by atoms with E-state index in [-0.39, 0.29) is 12.2 Å². The number of fused-ring (bicyclic) bond motifs is 1. The molecule has 0 radical (unpaired) electrons. The largest absolute Gasteiger partial charge is 0.496 e. The zero-order valence-electron chi connectivity index (χ0n) is 22.8. The summed E-state index contributed by atoms with van der Waals surface area (Å²) in [5.74, 6) is 0.0111. The minimum absolute atomic E-state index is 0.200. The topological polar surface area (TPSA) is 82.4 Å². The van der Waals surface area contributed by atoms with Gasteiger partial charge in [-0.05, 0) is 55.3 Å². The van der Waals surface area contributed by atoms with Crippen molar-refractivity contribution in [3.05, 3.63) is 89.6 Å². The van der Waals surface area contributed by atoms with E-state index < -0.39 is 12.0 Å². The van der Waals surface area contributed by atoms with E-state index in [2.05, 4.69) is 17.0 Å². The molecule has 2 aromatic carbocycles. The fourth-order valence-electron chi connectivity index (χ4n) is 5.09. The predicted molar refractivity (Wildman–Crippen MR) is 157 cm³/mol. The van der Waals surface area contributed by atoms with Crippen molar-refractivity contribution in [2.75, 3.05) is 44.9 Å². The minimum atomic E-state index is -0.795. The van der Waals surface area contributed by atoms with Gasteiger partial charge in [-0.3, -0.25) is 9.36 Å². The van der Waals surface area contributed by atoms with Gasteiger partial charge < -0.3 is 19.1 Å². The Kier molecular flexibility index (Phi) is 8.73. The quantitative estimate of drug-likeness (QED) is 0.373. The first-order valence-corrected chi connectivity index (χ1v) is 14.6. The third-order valence-electron chi connectivity index (χ3n) is 6.95. The lowest BCUT2D eigenvalue weighted by molar-refractivity contribution is -0.139. The molecule has 3 heterocycles. The molecule has 2 aliphatic heterocycles. The predicted octanol–water partition coefficient (Wildman–Crippen LogP) is 4.08. The highest BCUT2D eigenvalue weighted by Gasteiger charge is 2.36. The Morgan fingerprint density at radius 3 is 2.60 bits per heavy atom. The molecule has 1 saturated heterocycles. The summed E-state index contributed by atoms with van der Waals surface area (Å²) in [5.41, 5.74) is 3.32. The van der Waals surface area contributed by atoms with Crippen LogP contribution >= 0.6 is 22.9 Å². The van der Waals surface area contributed by atoms with Gasteiger partial charge in [0, 0.05) is 29.4 Å². The van der Waals surface area contributed by atoms with Crippen LogP contribution in [0.3, 0.4) is 0 Å². The van der Waals surface area contributed by atoms with E-state index in [1.165, 1.54) is 11.3 Å². The number of thiazole rings is 1. The second kappa shape index (κ2) is 12.4. The number of methoxy groups -OCH3 is 1. The highest BCUT2D eigenvalue weighted by Crippen LogP contribution is 2.38. The van der Waals surface area contributed by atoms with Crippen molar-refractivity contribution >= 4 is 40.7 Å². The van der Waals surface area contributed by atoms with Crippen LogP contribution in [-0.4, -0.2) is 50.6 Å². The van der Waals surface area contributed by atoms with Gasteiger partial charge in [0.25, 0.3) is 5.56 Å². The van der Waals surface area contributed by atoms with Crippen molar-refractivity contribution in [3.8, 4) is 5.75 Å². The average molecular weight is 582 g/mol. The molecule has 8 nitrogen and oxygen atoms in total. The Morgan fingerprint density at radius 1 is 1.18 bits per heavy atom. The fourth-order valence-corrected chi connectivity index (χ4v) is 6.29. The van der Waals surface area contributed by atoms with Crippen molar-refractivity contribution < 1.29 is 19.0 Å². The lowest BCUT2D eigenvalue weighted by Gasteiger charge is -2.28. The molecule has 1 atom stereocenters. The molecule has 1 aromatic heterocycles. The van der Waals surface area contributed by atoms with E-state index in [9.17, 15) is 9.59 Å². The van der Waals surface area contributed by atoms with Gasteiger partial charge in [0.1, 0.15) is 11.8 Å². The maximum Gasteiger partial charge on any atom is 0.338 e. The van der Waals surface area contributed by atoms with Crippen molar-refractivity contribution in [1.82, 2.24) is 4.57 Å². The maximum atomic E-state index is 14.0. The molecule has 1 fully saturated rings. The first kappa shape index (κ1) is 28.1. The number of aromatic nitrogens is 1. The number of esters is 1. The fraction of sp³-hybridized carbons (Fsp3) is 0.367. The van der Waals surface area contributed by atoms with Gasteiger partial charge in [0.2, 0.25) is 0 Å². The lowest BCUT2D eigenvalue weighted by Crippen LogP contribution is -2.40.